The van der Waals surface area contributed by atoms with E-state index in [4.69, 9.17) is 0 Å². The number of hydrogen-bond acceptors (Lipinski definition) is 2. The standard InChI is InChI=1S/C20H32N4/c1-5-17(2)23(4)16-13-22-20(21-3)24-14-11-19(12-15-24)18-9-7-6-8-10-18/h6-11,17H,5,12-16H2,1-4H3,(H,21,22). The van der Waals surface area contributed by atoms with Crippen LogP contribution in [0.5, 0.6) is 0 Å². The summed E-state index contributed by atoms with van der Waals surface area (Å²) in [4.78, 5) is 9.18. The van der Waals surface area contributed by atoms with E-state index in [0.717, 1.165) is 38.6 Å². The highest BCUT2D eigenvalue weighted by Gasteiger charge is 2.16. The summed E-state index contributed by atoms with van der Waals surface area (Å²) in [5.74, 6) is 1.01. The third-order valence-electron chi connectivity index (χ3n) is 4.96. The Morgan fingerprint density at radius 1 is 1.33 bits per heavy atom. The lowest BCUT2D eigenvalue weighted by Gasteiger charge is -2.30. The Morgan fingerprint density at radius 3 is 2.67 bits per heavy atom. The van der Waals surface area contributed by atoms with E-state index in [0.29, 0.717) is 6.04 Å². The molecule has 1 aromatic rings. The maximum absolute atomic E-state index is 4.46. The molecule has 0 spiro atoms. The minimum Gasteiger partial charge on any atom is -0.355 e. The Bertz CT molecular complexity index is 550. The molecule has 0 saturated heterocycles. The van der Waals surface area contributed by atoms with Crippen molar-refractivity contribution in [1.82, 2.24) is 15.1 Å². The van der Waals surface area contributed by atoms with E-state index in [2.05, 4.69) is 77.4 Å². The highest BCUT2D eigenvalue weighted by atomic mass is 15.3. The molecule has 2 rings (SSSR count). The van der Waals surface area contributed by atoms with Crippen LogP contribution in [0.3, 0.4) is 0 Å². The van der Waals surface area contributed by atoms with Crippen LogP contribution in [0, 0.1) is 0 Å². The Hall–Kier alpha value is -1.81. The van der Waals surface area contributed by atoms with Gasteiger partial charge in [0.05, 0.1) is 0 Å². The van der Waals surface area contributed by atoms with E-state index < -0.39 is 0 Å². The summed E-state index contributed by atoms with van der Waals surface area (Å²) in [6.45, 7) is 8.41. The van der Waals surface area contributed by atoms with E-state index >= 15 is 0 Å². The number of likely N-dealkylation sites (N-methyl/N-ethyl adjacent to an activating group) is 1. The number of nitrogens with one attached hydrogen (secondary N) is 1. The number of rotatable bonds is 6. The topological polar surface area (TPSA) is 30.9 Å². The van der Waals surface area contributed by atoms with Crippen molar-refractivity contribution in [3.63, 3.8) is 0 Å². The van der Waals surface area contributed by atoms with Crippen molar-refractivity contribution in [2.24, 2.45) is 4.99 Å². The van der Waals surface area contributed by atoms with Gasteiger partial charge in [-0.25, -0.2) is 0 Å². The van der Waals surface area contributed by atoms with Gasteiger partial charge in [0, 0.05) is 39.3 Å². The summed E-state index contributed by atoms with van der Waals surface area (Å²) in [6, 6.07) is 11.3. The van der Waals surface area contributed by atoms with Crippen LogP contribution >= 0.6 is 0 Å². The first-order valence-electron chi connectivity index (χ1n) is 9.06. The molecule has 1 aromatic carbocycles. The average Bonchev–Trinajstić information content (AvgIpc) is 2.65. The number of guanidine groups is 1. The van der Waals surface area contributed by atoms with Gasteiger partial charge in [-0.2, -0.15) is 0 Å². The van der Waals surface area contributed by atoms with Gasteiger partial charge in [-0.1, -0.05) is 43.3 Å². The molecular weight excluding hydrogens is 296 g/mol. The zero-order chi connectivity index (χ0) is 17.4. The molecule has 1 atom stereocenters. The molecule has 1 aliphatic heterocycles. The Balaban J connectivity index is 1.84. The fourth-order valence-electron chi connectivity index (χ4n) is 2.98. The molecule has 0 fully saturated rings. The van der Waals surface area contributed by atoms with Gasteiger partial charge in [-0.3, -0.25) is 4.99 Å². The second-order valence-electron chi connectivity index (χ2n) is 6.50. The van der Waals surface area contributed by atoms with Crippen molar-refractivity contribution in [3.8, 4) is 0 Å². The molecule has 0 aromatic heterocycles. The van der Waals surface area contributed by atoms with E-state index in [1.807, 2.05) is 7.05 Å². The maximum Gasteiger partial charge on any atom is 0.193 e. The van der Waals surface area contributed by atoms with E-state index in [-0.39, 0.29) is 0 Å². The zero-order valence-corrected chi connectivity index (χ0v) is 15.6. The molecule has 132 valence electrons. The number of aliphatic imine (C=N–C) groups is 1. The van der Waals surface area contributed by atoms with Crippen molar-refractivity contribution < 1.29 is 0 Å². The van der Waals surface area contributed by atoms with Crippen molar-refractivity contribution in [3.05, 3.63) is 42.0 Å². The summed E-state index contributed by atoms with van der Waals surface area (Å²) in [5.41, 5.74) is 2.79. The van der Waals surface area contributed by atoms with Crippen molar-refractivity contribution in [2.75, 3.05) is 40.3 Å². The van der Waals surface area contributed by atoms with Crippen LogP contribution in [-0.2, 0) is 0 Å². The largest absolute Gasteiger partial charge is 0.355 e. The molecule has 1 unspecified atom stereocenters. The number of benzene rings is 1. The summed E-state index contributed by atoms with van der Waals surface area (Å²) >= 11 is 0. The molecule has 0 aliphatic carbocycles. The van der Waals surface area contributed by atoms with E-state index in [1.165, 1.54) is 17.6 Å². The van der Waals surface area contributed by atoms with Gasteiger partial charge in [0.2, 0.25) is 0 Å². The molecule has 0 amide bonds. The minimum absolute atomic E-state index is 0.625. The SMILES string of the molecule is CCC(C)N(C)CCNC(=NC)N1CC=C(c2ccccc2)CC1. The molecule has 0 bridgehead atoms. The normalized spacial score (nSPS) is 17.0. The van der Waals surface area contributed by atoms with Crippen LogP contribution in [0.25, 0.3) is 5.57 Å². The van der Waals surface area contributed by atoms with Gasteiger partial charge in [0.15, 0.2) is 5.96 Å². The van der Waals surface area contributed by atoms with Crippen LogP contribution in [0.4, 0.5) is 0 Å². The average molecular weight is 329 g/mol. The molecule has 4 nitrogen and oxygen atoms in total. The Labute approximate surface area is 147 Å². The van der Waals surface area contributed by atoms with Crippen LogP contribution < -0.4 is 5.32 Å². The molecule has 1 heterocycles. The monoisotopic (exact) mass is 328 g/mol. The predicted octanol–water partition coefficient (Wildman–Crippen LogP) is 3.08. The third kappa shape index (κ3) is 5.10. The van der Waals surface area contributed by atoms with Gasteiger partial charge < -0.3 is 15.1 Å². The highest BCUT2D eigenvalue weighted by molar-refractivity contribution is 5.81. The lowest BCUT2D eigenvalue weighted by atomic mass is 10.00. The zero-order valence-electron chi connectivity index (χ0n) is 15.6. The summed E-state index contributed by atoms with van der Waals surface area (Å²) < 4.78 is 0. The fourth-order valence-corrected chi connectivity index (χ4v) is 2.98. The predicted molar refractivity (Wildman–Crippen MR) is 104 cm³/mol. The molecule has 24 heavy (non-hydrogen) atoms. The second-order valence-corrected chi connectivity index (χ2v) is 6.50. The summed E-state index contributed by atoms with van der Waals surface area (Å²) in [5, 5.41) is 3.51. The first kappa shape index (κ1) is 18.5. The lowest BCUT2D eigenvalue weighted by molar-refractivity contribution is 0.254. The van der Waals surface area contributed by atoms with Crippen LogP contribution in [0.1, 0.15) is 32.3 Å². The Kier molecular flexibility index (Phi) is 7.32. The number of hydrogen-bond donors (Lipinski definition) is 1. The first-order valence-corrected chi connectivity index (χ1v) is 9.06. The van der Waals surface area contributed by atoms with Gasteiger partial charge in [-0.05, 0) is 37.9 Å². The lowest BCUT2D eigenvalue weighted by Crippen LogP contribution is -2.46. The molecule has 4 heteroatoms. The van der Waals surface area contributed by atoms with Crippen LogP contribution in [0.15, 0.2) is 41.4 Å². The molecule has 0 radical (unpaired) electrons. The third-order valence-corrected chi connectivity index (χ3v) is 4.96. The number of nitrogens with zero attached hydrogens (tertiary/aromatic N) is 3. The van der Waals surface area contributed by atoms with Gasteiger partial charge in [0.1, 0.15) is 0 Å². The highest BCUT2D eigenvalue weighted by Crippen LogP contribution is 2.21. The Morgan fingerprint density at radius 2 is 2.08 bits per heavy atom. The smallest absolute Gasteiger partial charge is 0.193 e. The van der Waals surface area contributed by atoms with Crippen molar-refractivity contribution >= 4 is 11.5 Å². The molecular formula is C20H32N4. The maximum atomic E-state index is 4.46. The molecule has 1 N–H and O–H groups in total. The molecule has 1 aliphatic rings. The van der Waals surface area contributed by atoms with Gasteiger partial charge >= 0.3 is 0 Å². The van der Waals surface area contributed by atoms with Crippen LogP contribution in [0.2, 0.25) is 0 Å². The van der Waals surface area contributed by atoms with E-state index in [9.17, 15) is 0 Å². The van der Waals surface area contributed by atoms with Crippen molar-refractivity contribution in [1.29, 1.82) is 0 Å². The second kappa shape index (κ2) is 9.48. The van der Waals surface area contributed by atoms with Gasteiger partial charge in [0.25, 0.3) is 0 Å². The summed E-state index contributed by atoms with van der Waals surface area (Å²) in [7, 11) is 4.06. The first-order chi connectivity index (χ1) is 11.7. The molecule has 0 saturated carbocycles. The van der Waals surface area contributed by atoms with Crippen LogP contribution in [-0.4, -0.2) is 62.1 Å². The van der Waals surface area contributed by atoms with E-state index in [1.54, 1.807) is 0 Å². The summed E-state index contributed by atoms with van der Waals surface area (Å²) in [6.07, 6.45) is 4.58. The quantitative estimate of drug-likeness (QED) is 0.643. The van der Waals surface area contributed by atoms with Gasteiger partial charge in [-0.15, -0.1) is 0 Å². The van der Waals surface area contributed by atoms with Crippen molar-refractivity contribution in [2.45, 2.75) is 32.7 Å². The fraction of sp³-hybridized carbons (Fsp3) is 0.550. The minimum atomic E-state index is 0.625.